The molecule has 21 heavy (non-hydrogen) atoms. The summed E-state index contributed by atoms with van der Waals surface area (Å²) in [5, 5.41) is 2.53. The van der Waals surface area contributed by atoms with Gasteiger partial charge in [0.1, 0.15) is 5.69 Å². The van der Waals surface area contributed by atoms with E-state index in [-0.39, 0.29) is 5.91 Å². The number of carbonyl (C=O) groups is 1. The summed E-state index contributed by atoms with van der Waals surface area (Å²) in [6, 6.07) is 3.65. The Balaban J connectivity index is 2.07. The number of carbonyl (C=O) groups excluding carboxylic acids is 1. The van der Waals surface area contributed by atoms with Gasteiger partial charge in [0, 0.05) is 36.1 Å². The first-order valence-corrected chi connectivity index (χ1v) is 7.60. The average molecular weight is 322 g/mol. The lowest BCUT2D eigenvalue weighted by Gasteiger charge is -2.16. The van der Waals surface area contributed by atoms with Crippen molar-refractivity contribution in [2.45, 2.75) is 6.54 Å². The lowest BCUT2D eigenvalue weighted by atomic mass is 10.3. The van der Waals surface area contributed by atoms with Crippen molar-refractivity contribution in [3.05, 3.63) is 44.9 Å². The van der Waals surface area contributed by atoms with E-state index >= 15 is 0 Å². The lowest BCUT2D eigenvalue weighted by molar-refractivity contribution is 0.0777. The summed E-state index contributed by atoms with van der Waals surface area (Å²) in [6.07, 6.45) is 1.72. The van der Waals surface area contributed by atoms with E-state index in [4.69, 9.17) is 17.3 Å². The van der Waals surface area contributed by atoms with Crippen LogP contribution >= 0.6 is 22.9 Å². The quantitative estimate of drug-likeness (QED) is 0.882. The highest BCUT2D eigenvalue weighted by molar-refractivity contribution is 7.10. The molecule has 2 aromatic rings. The number of hydrogen-bond donors (Lipinski definition) is 1. The van der Waals surface area contributed by atoms with Gasteiger partial charge in [-0.25, -0.2) is 0 Å². The van der Waals surface area contributed by atoms with Gasteiger partial charge in [-0.05, 0) is 12.1 Å². The SMILES string of the molecule is CN(Cc1cc(C#CCN)cs1)C(=O)c1cc(Cl)cn1C. The molecule has 0 aromatic carbocycles. The van der Waals surface area contributed by atoms with Gasteiger partial charge in [-0.3, -0.25) is 4.79 Å². The predicted octanol–water partition coefficient (Wildman–Crippen LogP) is 2.32. The predicted molar refractivity (Wildman–Crippen MR) is 86.5 cm³/mol. The minimum atomic E-state index is -0.0626. The van der Waals surface area contributed by atoms with E-state index in [0.29, 0.717) is 23.8 Å². The van der Waals surface area contributed by atoms with E-state index in [2.05, 4.69) is 11.8 Å². The van der Waals surface area contributed by atoms with E-state index in [1.54, 1.807) is 47.2 Å². The molecule has 0 saturated heterocycles. The molecule has 4 nitrogen and oxygen atoms in total. The molecule has 0 fully saturated rings. The smallest absolute Gasteiger partial charge is 0.270 e. The van der Waals surface area contributed by atoms with Crippen LogP contribution in [0.4, 0.5) is 0 Å². The van der Waals surface area contributed by atoms with Gasteiger partial charge in [0.2, 0.25) is 0 Å². The number of halogens is 1. The molecule has 6 heteroatoms. The van der Waals surface area contributed by atoms with Gasteiger partial charge in [-0.15, -0.1) is 11.3 Å². The number of thiophene rings is 1. The summed E-state index contributed by atoms with van der Waals surface area (Å²) in [7, 11) is 3.58. The fraction of sp³-hybridized carbons (Fsp3) is 0.267. The maximum Gasteiger partial charge on any atom is 0.270 e. The monoisotopic (exact) mass is 321 g/mol. The second kappa shape index (κ2) is 6.81. The zero-order chi connectivity index (χ0) is 15.4. The first kappa shape index (κ1) is 15.6. The van der Waals surface area contributed by atoms with Crippen LogP contribution < -0.4 is 5.73 Å². The van der Waals surface area contributed by atoms with Gasteiger partial charge >= 0.3 is 0 Å². The molecular weight excluding hydrogens is 306 g/mol. The molecule has 0 bridgehead atoms. The average Bonchev–Trinajstić information content (AvgIpc) is 3.02. The maximum atomic E-state index is 12.4. The van der Waals surface area contributed by atoms with Crippen LogP contribution in [0.2, 0.25) is 5.02 Å². The number of nitrogens with two attached hydrogens (primary N) is 1. The van der Waals surface area contributed by atoms with Crippen LogP contribution in [0.3, 0.4) is 0 Å². The van der Waals surface area contributed by atoms with Crippen LogP contribution in [-0.2, 0) is 13.6 Å². The standard InChI is InChI=1S/C15H16ClN3OS/c1-18-8-12(16)7-14(18)15(20)19(2)9-13-6-11(10-21-13)4-3-5-17/h6-8,10H,5,9,17H2,1-2H3. The Kier molecular flexibility index (Phi) is 5.07. The van der Waals surface area contributed by atoms with E-state index < -0.39 is 0 Å². The fourth-order valence-corrected chi connectivity index (χ4v) is 3.04. The van der Waals surface area contributed by atoms with Gasteiger partial charge < -0.3 is 15.2 Å². The topological polar surface area (TPSA) is 51.3 Å². The van der Waals surface area contributed by atoms with Crippen molar-refractivity contribution in [3.63, 3.8) is 0 Å². The molecule has 1 amide bonds. The summed E-state index contributed by atoms with van der Waals surface area (Å²) in [6.45, 7) is 0.883. The highest BCUT2D eigenvalue weighted by Gasteiger charge is 2.16. The molecule has 0 aliphatic rings. The molecule has 0 atom stereocenters. The first-order valence-electron chi connectivity index (χ1n) is 6.35. The normalized spacial score (nSPS) is 10.1. The summed E-state index contributed by atoms with van der Waals surface area (Å²) in [5.74, 6) is 5.74. The fourth-order valence-electron chi connectivity index (χ4n) is 1.92. The Morgan fingerprint density at radius 2 is 2.29 bits per heavy atom. The number of rotatable bonds is 3. The van der Waals surface area contributed by atoms with Crippen LogP contribution in [0.15, 0.2) is 23.7 Å². The number of aryl methyl sites for hydroxylation is 1. The van der Waals surface area contributed by atoms with Crippen molar-refractivity contribution in [1.82, 2.24) is 9.47 Å². The Morgan fingerprint density at radius 3 is 2.90 bits per heavy atom. The Morgan fingerprint density at radius 1 is 1.52 bits per heavy atom. The van der Waals surface area contributed by atoms with Crippen molar-refractivity contribution in [2.24, 2.45) is 12.8 Å². The van der Waals surface area contributed by atoms with Gasteiger partial charge in [0.05, 0.1) is 18.1 Å². The van der Waals surface area contributed by atoms with Crippen molar-refractivity contribution >= 4 is 28.8 Å². The molecule has 0 saturated carbocycles. The van der Waals surface area contributed by atoms with Gasteiger partial charge in [0.25, 0.3) is 5.91 Å². The Bertz CT molecular complexity index is 708. The molecule has 2 N–H and O–H groups in total. The van der Waals surface area contributed by atoms with Crippen LogP contribution in [-0.4, -0.2) is 29.0 Å². The molecule has 110 valence electrons. The van der Waals surface area contributed by atoms with Gasteiger partial charge in [-0.2, -0.15) is 0 Å². The van der Waals surface area contributed by atoms with E-state index in [1.165, 1.54) is 0 Å². The zero-order valence-corrected chi connectivity index (χ0v) is 13.5. The van der Waals surface area contributed by atoms with Gasteiger partial charge in [0.15, 0.2) is 0 Å². The second-order valence-corrected chi connectivity index (χ2v) is 6.06. The molecular formula is C15H16ClN3OS. The summed E-state index contributed by atoms with van der Waals surface area (Å²) >= 11 is 7.49. The summed E-state index contributed by atoms with van der Waals surface area (Å²) in [5.41, 5.74) is 6.85. The van der Waals surface area contributed by atoms with Gasteiger partial charge in [-0.1, -0.05) is 23.4 Å². The minimum Gasteiger partial charge on any atom is -0.345 e. The number of aromatic nitrogens is 1. The lowest BCUT2D eigenvalue weighted by Crippen LogP contribution is -2.27. The largest absolute Gasteiger partial charge is 0.345 e. The van der Waals surface area contributed by atoms with Crippen LogP contribution in [0.1, 0.15) is 20.9 Å². The van der Waals surface area contributed by atoms with Crippen molar-refractivity contribution < 1.29 is 4.79 Å². The highest BCUT2D eigenvalue weighted by Crippen LogP contribution is 2.18. The maximum absolute atomic E-state index is 12.4. The Hall–Kier alpha value is -1.74. The van der Waals surface area contributed by atoms with E-state index in [9.17, 15) is 4.79 Å². The third kappa shape index (κ3) is 3.88. The molecule has 2 rings (SSSR count). The van der Waals surface area contributed by atoms with Crippen LogP contribution in [0.5, 0.6) is 0 Å². The zero-order valence-electron chi connectivity index (χ0n) is 11.9. The molecule has 2 heterocycles. The third-order valence-electron chi connectivity index (χ3n) is 2.92. The van der Waals surface area contributed by atoms with Crippen molar-refractivity contribution in [2.75, 3.05) is 13.6 Å². The van der Waals surface area contributed by atoms with E-state index in [1.807, 2.05) is 11.4 Å². The molecule has 0 aliphatic heterocycles. The van der Waals surface area contributed by atoms with Crippen molar-refractivity contribution in [1.29, 1.82) is 0 Å². The summed E-state index contributed by atoms with van der Waals surface area (Å²) < 4.78 is 1.73. The highest BCUT2D eigenvalue weighted by atomic mass is 35.5. The molecule has 2 aromatic heterocycles. The first-order chi connectivity index (χ1) is 10.0. The molecule has 0 spiro atoms. The molecule has 0 radical (unpaired) electrons. The van der Waals surface area contributed by atoms with Crippen molar-refractivity contribution in [3.8, 4) is 11.8 Å². The number of amides is 1. The van der Waals surface area contributed by atoms with Crippen LogP contribution in [0.25, 0.3) is 0 Å². The second-order valence-electron chi connectivity index (χ2n) is 4.62. The van der Waals surface area contributed by atoms with Crippen LogP contribution in [0, 0.1) is 11.8 Å². The Labute approximate surface area is 133 Å². The number of hydrogen-bond acceptors (Lipinski definition) is 3. The molecule has 0 unspecified atom stereocenters. The van der Waals surface area contributed by atoms with E-state index in [0.717, 1.165) is 10.4 Å². The molecule has 0 aliphatic carbocycles. The third-order valence-corrected chi connectivity index (χ3v) is 4.05. The number of nitrogens with zero attached hydrogens (tertiary/aromatic N) is 2. The minimum absolute atomic E-state index is 0.0626. The summed E-state index contributed by atoms with van der Waals surface area (Å²) in [4.78, 5) is 15.1.